The fourth-order valence-electron chi connectivity index (χ4n) is 4.92. The van der Waals surface area contributed by atoms with Gasteiger partial charge in [-0.15, -0.1) is 0 Å². The van der Waals surface area contributed by atoms with Crippen LogP contribution in [-0.4, -0.2) is 54.0 Å². The van der Waals surface area contributed by atoms with Crippen molar-refractivity contribution in [3.05, 3.63) is 15.9 Å². The van der Waals surface area contributed by atoms with Crippen molar-refractivity contribution in [1.82, 2.24) is 14.5 Å². The summed E-state index contributed by atoms with van der Waals surface area (Å²) in [6.07, 6.45) is -1.35. The molecular formula is C20H30N4O6SSi. The lowest BCUT2D eigenvalue weighted by Crippen LogP contribution is -2.65. The molecule has 2 aromatic rings. The second kappa shape index (κ2) is 7.59. The van der Waals surface area contributed by atoms with Gasteiger partial charge in [-0.2, -0.15) is 4.98 Å². The number of nitrogens with two attached hydrogens (primary N) is 1. The number of rotatable bonds is 2. The molecule has 2 N–H and O–H groups in total. The number of carbonyl (C=O) groups is 1. The number of esters is 1. The predicted molar refractivity (Wildman–Crippen MR) is 122 cm³/mol. The Morgan fingerprint density at radius 2 is 1.94 bits per heavy atom. The molecule has 2 saturated heterocycles. The van der Waals surface area contributed by atoms with Gasteiger partial charge in [-0.1, -0.05) is 52.9 Å². The lowest BCUT2D eigenvalue weighted by Gasteiger charge is -2.53. The minimum atomic E-state index is -2.86. The summed E-state index contributed by atoms with van der Waals surface area (Å²) in [5, 5.41) is -0.522. The minimum Gasteiger partial charge on any atom is -0.455 e. The molecular weight excluding hydrogens is 452 g/mol. The third-order valence-corrected chi connectivity index (χ3v) is 12.0. The van der Waals surface area contributed by atoms with Gasteiger partial charge in [0.1, 0.15) is 12.2 Å². The molecule has 4 rings (SSSR count). The van der Waals surface area contributed by atoms with Gasteiger partial charge in [0, 0.05) is 17.0 Å². The average Bonchev–Trinajstić information content (AvgIpc) is 3.15. The fraction of sp³-hybridized carbons (Fsp3) is 0.700. The van der Waals surface area contributed by atoms with Gasteiger partial charge >= 0.3 is 19.4 Å². The summed E-state index contributed by atoms with van der Waals surface area (Å²) in [4.78, 5) is 32.9. The average molecular weight is 483 g/mol. The summed E-state index contributed by atoms with van der Waals surface area (Å²) in [6, 6.07) is 0. The molecule has 10 nitrogen and oxygen atoms in total. The highest BCUT2D eigenvalue weighted by molar-refractivity contribution is 7.16. The fourth-order valence-corrected chi connectivity index (χ4v) is 10.7. The number of carbonyl (C=O) groups excluding carboxylic acids is 1. The van der Waals surface area contributed by atoms with E-state index in [4.69, 9.17) is 24.1 Å². The van der Waals surface area contributed by atoms with Crippen molar-refractivity contribution in [3.63, 3.8) is 0 Å². The third kappa shape index (κ3) is 3.57. The van der Waals surface area contributed by atoms with Gasteiger partial charge in [0.05, 0.1) is 17.5 Å². The minimum absolute atomic E-state index is 0.0370. The Hall–Kier alpha value is -1.86. The van der Waals surface area contributed by atoms with Gasteiger partial charge in [-0.3, -0.25) is 14.2 Å². The number of anilines is 1. The molecule has 4 atom stereocenters. The molecule has 0 aromatic carbocycles. The van der Waals surface area contributed by atoms with Crippen molar-refractivity contribution < 1.29 is 23.1 Å². The third-order valence-electron chi connectivity index (χ3n) is 5.95. The number of nitrogens with zero attached hydrogens (tertiary/aromatic N) is 3. The molecule has 0 saturated carbocycles. The Kier molecular flexibility index (Phi) is 5.52. The molecule has 32 heavy (non-hydrogen) atoms. The SMILES string of the molecule is CC(=O)OC1C2O[Si](C(C)(C)C)(C(C)(C)C)OCC2OC1n1c(=O)sc2cnc(N)nc21. The van der Waals surface area contributed by atoms with Crippen LogP contribution in [0.4, 0.5) is 5.95 Å². The zero-order chi connectivity index (χ0) is 23.6. The molecule has 176 valence electrons. The summed E-state index contributed by atoms with van der Waals surface area (Å²) >= 11 is 0.980. The van der Waals surface area contributed by atoms with Gasteiger partial charge in [-0.05, 0) is 0 Å². The Labute approximate surface area is 191 Å². The van der Waals surface area contributed by atoms with E-state index in [1.165, 1.54) is 17.7 Å². The Bertz CT molecular complexity index is 1090. The van der Waals surface area contributed by atoms with E-state index < -0.39 is 39.1 Å². The maximum Gasteiger partial charge on any atom is 0.349 e. The summed E-state index contributed by atoms with van der Waals surface area (Å²) in [5.41, 5.74) is 6.10. The molecule has 2 aromatic heterocycles. The van der Waals surface area contributed by atoms with Crippen molar-refractivity contribution in [3.8, 4) is 0 Å². The van der Waals surface area contributed by atoms with Crippen molar-refractivity contribution in [2.45, 2.75) is 83.1 Å². The van der Waals surface area contributed by atoms with Crippen LogP contribution in [0.25, 0.3) is 10.3 Å². The quantitative estimate of drug-likeness (QED) is 0.507. The van der Waals surface area contributed by atoms with Crippen molar-refractivity contribution in [2.75, 3.05) is 12.3 Å². The van der Waals surface area contributed by atoms with Crippen LogP contribution in [0.3, 0.4) is 0 Å². The molecule has 0 aliphatic carbocycles. The lowest BCUT2D eigenvalue weighted by molar-refractivity contribution is -0.155. The monoisotopic (exact) mass is 482 g/mol. The van der Waals surface area contributed by atoms with E-state index in [1.807, 2.05) is 0 Å². The zero-order valence-corrected chi connectivity index (χ0v) is 21.2. The maximum atomic E-state index is 12.9. The molecule has 0 spiro atoms. The van der Waals surface area contributed by atoms with E-state index in [0.717, 1.165) is 11.3 Å². The first-order valence-electron chi connectivity index (χ1n) is 10.5. The molecule has 0 amide bonds. The summed E-state index contributed by atoms with van der Waals surface area (Å²) in [7, 11) is -2.86. The Morgan fingerprint density at radius 3 is 2.53 bits per heavy atom. The smallest absolute Gasteiger partial charge is 0.349 e. The number of ether oxygens (including phenoxy) is 2. The van der Waals surface area contributed by atoms with Gasteiger partial charge in [0.15, 0.2) is 18.0 Å². The van der Waals surface area contributed by atoms with Crippen molar-refractivity contribution in [2.24, 2.45) is 0 Å². The molecule has 4 heterocycles. The highest BCUT2D eigenvalue weighted by Crippen LogP contribution is 2.56. The summed E-state index contributed by atoms with van der Waals surface area (Å²) in [5.74, 6) is -0.449. The van der Waals surface area contributed by atoms with Crippen LogP contribution >= 0.6 is 11.3 Å². The highest BCUT2D eigenvalue weighted by Gasteiger charge is 2.65. The normalized spacial score (nSPS) is 28.0. The maximum absolute atomic E-state index is 12.9. The molecule has 0 bridgehead atoms. The number of aromatic nitrogens is 3. The summed E-state index contributed by atoms with van der Waals surface area (Å²) in [6.45, 7) is 14.3. The van der Waals surface area contributed by atoms with E-state index in [1.54, 1.807) is 0 Å². The van der Waals surface area contributed by atoms with E-state index >= 15 is 0 Å². The van der Waals surface area contributed by atoms with Crippen LogP contribution in [0.1, 0.15) is 54.7 Å². The molecule has 2 aliphatic heterocycles. The van der Waals surface area contributed by atoms with Crippen LogP contribution in [0.15, 0.2) is 11.0 Å². The first-order valence-corrected chi connectivity index (χ1v) is 13.2. The molecule has 4 unspecified atom stereocenters. The Balaban J connectivity index is 1.81. The first-order chi connectivity index (χ1) is 14.7. The first kappa shape index (κ1) is 23.3. The topological polar surface area (TPSA) is 128 Å². The van der Waals surface area contributed by atoms with E-state index in [-0.39, 0.29) is 27.5 Å². The second-order valence-corrected chi connectivity index (χ2v) is 16.1. The number of hydrogen-bond donors (Lipinski definition) is 1. The lowest BCUT2D eigenvalue weighted by atomic mass is 10.1. The highest BCUT2D eigenvalue weighted by atomic mass is 32.1. The Morgan fingerprint density at radius 1 is 1.28 bits per heavy atom. The largest absolute Gasteiger partial charge is 0.455 e. The molecule has 12 heteroatoms. The number of hydrogen-bond acceptors (Lipinski definition) is 10. The van der Waals surface area contributed by atoms with Crippen molar-refractivity contribution >= 4 is 42.2 Å². The van der Waals surface area contributed by atoms with Crippen LogP contribution in [0.5, 0.6) is 0 Å². The van der Waals surface area contributed by atoms with Crippen LogP contribution < -0.4 is 10.6 Å². The van der Waals surface area contributed by atoms with Gasteiger partial charge in [-0.25, -0.2) is 4.98 Å². The number of fused-ring (bicyclic) bond motifs is 2. The van der Waals surface area contributed by atoms with Gasteiger partial charge in [0.25, 0.3) is 0 Å². The molecule has 2 fully saturated rings. The molecule has 2 aliphatic rings. The van der Waals surface area contributed by atoms with Crippen LogP contribution in [0.2, 0.25) is 10.1 Å². The van der Waals surface area contributed by atoms with Crippen LogP contribution in [0, 0.1) is 0 Å². The standard InChI is InChI=1S/C20H30N4O6SSi/c1-10(25)28-14-13-11(9-27-32(30-13,19(2,3)4)20(5,6)7)29-16(14)24-15-12(31-18(24)26)8-22-17(21)23-15/h8,11,13-14,16H,9H2,1-7H3,(H2,21,22,23). The van der Waals surface area contributed by atoms with E-state index in [2.05, 4.69) is 51.5 Å². The van der Waals surface area contributed by atoms with Crippen molar-refractivity contribution in [1.29, 1.82) is 0 Å². The number of nitrogen functional groups attached to an aromatic ring is 1. The predicted octanol–water partition coefficient (Wildman–Crippen LogP) is 2.72. The number of thiazole rings is 1. The van der Waals surface area contributed by atoms with Gasteiger partial charge < -0.3 is 24.1 Å². The van der Waals surface area contributed by atoms with Crippen LogP contribution in [-0.2, 0) is 23.1 Å². The second-order valence-electron chi connectivity index (χ2n) is 10.3. The van der Waals surface area contributed by atoms with E-state index in [0.29, 0.717) is 10.3 Å². The van der Waals surface area contributed by atoms with Gasteiger partial charge in [0.2, 0.25) is 5.95 Å². The summed E-state index contributed by atoms with van der Waals surface area (Å²) < 4.78 is 27.2. The molecule has 0 radical (unpaired) electrons. The van der Waals surface area contributed by atoms with E-state index in [9.17, 15) is 9.59 Å². The zero-order valence-electron chi connectivity index (χ0n) is 19.4.